The number of halogens is 1. The van der Waals surface area contributed by atoms with Crippen LogP contribution in [0.4, 0.5) is 5.82 Å². The number of rotatable bonds is 4. The van der Waals surface area contributed by atoms with E-state index >= 15 is 0 Å². The van der Waals surface area contributed by atoms with Gasteiger partial charge in [0.25, 0.3) is 0 Å². The van der Waals surface area contributed by atoms with Gasteiger partial charge in [0.15, 0.2) is 0 Å². The Morgan fingerprint density at radius 2 is 2.19 bits per heavy atom. The lowest BCUT2D eigenvalue weighted by molar-refractivity contribution is -0.128. The highest BCUT2D eigenvalue weighted by Gasteiger charge is 2.04. The van der Waals surface area contributed by atoms with Gasteiger partial charge >= 0.3 is 0 Å². The number of nitrogens with one attached hydrogen (secondary N) is 1. The number of carbonyl (C=O) groups is 1. The fourth-order valence-corrected chi connectivity index (χ4v) is 1.37. The van der Waals surface area contributed by atoms with E-state index in [4.69, 9.17) is 11.6 Å². The number of aryl methyl sites for hydroxylation is 1. The van der Waals surface area contributed by atoms with E-state index in [0.29, 0.717) is 29.8 Å². The lowest BCUT2D eigenvalue weighted by Crippen LogP contribution is -2.24. The molecule has 0 bridgehead atoms. The van der Waals surface area contributed by atoms with E-state index in [1.165, 1.54) is 0 Å². The van der Waals surface area contributed by atoms with Crippen molar-refractivity contribution in [2.45, 2.75) is 13.3 Å². The number of hydrogen-bond donors (Lipinski definition) is 1. The van der Waals surface area contributed by atoms with Gasteiger partial charge in [-0.05, 0) is 6.92 Å². The molecular formula is C10H15ClN4O. The summed E-state index contributed by atoms with van der Waals surface area (Å²) in [5.41, 5.74) is 0. The number of nitrogens with zero attached hydrogens (tertiary/aromatic N) is 3. The molecule has 6 heteroatoms. The van der Waals surface area contributed by atoms with Crippen LogP contribution < -0.4 is 5.32 Å². The Bertz CT molecular complexity index is 361. The van der Waals surface area contributed by atoms with Gasteiger partial charge in [0.1, 0.15) is 16.8 Å². The molecule has 0 saturated carbocycles. The van der Waals surface area contributed by atoms with Crippen LogP contribution in [0.5, 0.6) is 0 Å². The predicted molar refractivity (Wildman–Crippen MR) is 63.6 cm³/mol. The zero-order valence-electron chi connectivity index (χ0n) is 9.62. The van der Waals surface area contributed by atoms with Crippen LogP contribution in [0.25, 0.3) is 0 Å². The Hall–Kier alpha value is -1.36. The van der Waals surface area contributed by atoms with Crippen LogP contribution in [0.1, 0.15) is 12.2 Å². The number of aromatic nitrogens is 2. The summed E-state index contributed by atoms with van der Waals surface area (Å²) in [5.74, 6) is 1.32. The summed E-state index contributed by atoms with van der Waals surface area (Å²) in [6.07, 6.45) is 0.424. The molecule has 0 radical (unpaired) electrons. The van der Waals surface area contributed by atoms with E-state index in [1.807, 2.05) is 0 Å². The summed E-state index contributed by atoms with van der Waals surface area (Å²) in [6, 6.07) is 1.63. The van der Waals surface area contributed by atoms with Gasteiger partial charge in [0.2, 0.25) is 5.91 Å². The van der Waals surface area contributed by atoms with Gasteiger partial charge in [0, 0.05) is 33.1 Å². The summed E-state index contributed by atoms with van der Waals surface area (Å²) < 4.78 is 0. The average molecular weight is 243 g/mol. The topological polar surface area (TPSA) is 58.1 Å². The molecule has 1 aromatic rings. The van der Waals surface area contributed by atoms with Crippen LogP contribution in [0.2, 0.25) is 5.15 Å². The molecule has 0 aliphatic heterocycles. The number of carbonyl (C=O) groups excluding carboxylic acids is 1. The minimum atomic E-state index is 0.0735. The van der Waals surface area contributed by atoms with E-state index in [-0.39, 0.29) is 5.91 Å². The summed E-state index contributed by atoms with van der Waals surface area (Å²) >= 11 is 5.78. The Morgan fingerprint density at radius 1 is 1.50 bits per heavy atom. The number of anilines is 1. The van der Waals surface area contributed by atoms with E-state index < -0.39 is 0 Å². The number of amides is 1. The second-order valence-corrected chi connectivity index (χ2v) is 3.98. The van der Waals surface area contributed by atoms with Crippen molar-refractivity contribution in [3.8, 4) is 0 Å². The maximum absolute atomic E-state index is 11.3. The second kappa shape index (κ2) is 5.65. The van der Waals surface area contributed by atoms with Crippen molar-refractivity contribution in [2.75, 3.05) is 26.0 Å². The summed E-state index contributed by atoms with van der Waals surface area (Å²) in [7, 11) is 3.46. The minimum Gasteiger partial charge on any atom is -0.369 e. The van der Waals surface area contributed by atoms with Crippen LogP contribution in [0.15, 0.2) is 6.07 Å². The third-order valence-electron chi connectivity index (χ3n) is 1.95. The molecule has 5 nitrogen and oxygen atoms in total. The maximum Gasteiger partial charge on any atom is 0.223 e. The van der Waals surface area contributed by atoms with Gasteiger partial charge in [-0.15, -0.1) is 0 Å². The van der Waals surface area contributed by atoms with Gasteiger partial charge in [-0.25, -0.2) is 9.97 Å². The molecule has 0 saturated heterocycles. The predicted octanol–water partition coefficient (Wildman–Crippen LogP) is 1.33. The van der Waals surface area contributed by atoms with Crippen molar-refractivity contribution in [3.63, 3.8) is 0 Å². The first kappa shape index (κ1) is 12.7. The molecule has 0 aliphatic rings. The fourth-order valence-electron chi connectivity index (χ4n) is 1.14. The van der Waals surface area contributed by atoms with Crippen molar-refractivity contribution < 1.29 is 4.79 Å². The van der Waals surface area contributed by atoms with Crippen LogP contribution >= 0.6 is 11.6 Å². The SMILES string of the molecule is Cc1nc(Cl)cc(NCCC(=O)N(C)C)n1. The standard InChI is InChI=1S/C10H15ClN4O/c1-7-13-8(11)6-9(14-7)12-5-4-10(16)15(2)3/h6H,4-5H2,1-3H3,(H,12,13,14). The first-order valence-electron chi connectivity index (χ1n) is 4.94. The lowest BCUT2D eigenvalue weighted by atomic mass is 10.4. The Labute approximate surface area is 99.8 Å². The molecule has 16 heavy (non-hydrogen) atoms. The molecule has 88 valence electrons. The van der Waals surface area contributed by atoms with Crippen LogP contribution in [0, 0.1) is 6.92 Å². The molecule has 0 aromatic carbocycles. The molecule has 1 heterocycles. The Morgan fingerprint density at radius 3 is 2.75 bits per heavy atom. The normalized spacial score (nSPS) is 10.0. The van der Waals surface area contributed by atoms with Crippen molar-refractivity contribution in [1.29, 1.82) is 0 Å². The molecular weight excluding hydrogens is 228 g/mol. The molecule has 0 spiro atoms. The van der Waals surface area contributed by atoms with E-state index in [1.54, 1.807) is 32.0 Å². The highest BCUT2D eigenvalue weighted by atomic mass is 35.5. The van der Waals surface area contributed by atoms with Gasteiger partial charge < -0.3 is 10.2 Å². The molecule has 1 N–H and O–H groups in total. The average Bonchev–Trinajstić information content (AvgIpc) is 2.15. The van der Waals surface area contributed by atoms with Crippen molar-refractivity contribution in [3.05, 3.63) is 17.0 Å². The molecule has 0 fully saturated rings. The summed E-state index contributed by atoms with van der Waals surface area (Å²) in [4.78, 5) is 20.9. The van der Waals surface area contributed by atoms with E-state index in [2.05, 4.69) is 15.3 Å². The van der Waals surface area contributed by atoms with Gasteiger partial charge in [0.05, 0.1) is 0 Å². The first-order valence-corrected chi connectivity index (χ1v) is 5.32. The maximum atomic E-state index is 11.3. The van der Waals surface area contributed by atoms with Gasteiger partial charge in [-0.1, -0.05) is 11.6 Å². The Balaban J connectivity index is 2.46. The van der Waals surface area contributed by atoms with Gasteiger partial charge in [-0.3, -0.25) is 4.79 Å². The highest BCUT2D eigenvalue weighted by molar-refractivity contribution is 6.29. The fraction of sp³-hybridized carbons (Fsp3) is 0.500. The van der Waals surface area contributed by atoms with Crippen LogP contribution in [-0.2, 0) is 4.79 Å². The highest BCUT2D eigenvalue weighted by Crippen LogP contribution is 2.10. The molecule has 1 amide bonds. The number of hydrogen-bond acceptors (Lipinski definition) is 4. The zero-order valence-corrected chi connectivity index (χ0v) is 10.4. The molecule has 0 unspecified atom stereocenters. The molecule has 1 aromatic heterocycles. The van der Waals surface area contributed by atoms with Crippen molar-refractivity contribution in [1.82, 2.24) is 14.9 Å². The molecule has 1 rings (SSSR count). The Kier molecular flexibility index (Phi) is 4.49. The zero-order chi connectivity index (χ0) is 12.1. The minimum absolute atomic E-state index is 0.0735. The van der Waals surface area contributed by atoms with Crippen LogP contribution in [-0.4, -0.2) is 41.4 Å². The third kappa shape index (κ3) is 4.02. The summed E-state index contributed by atoms with van der Waals surface area (Å²) in [5, 5.41) is 3.43. The third-order valence-corrected chi connectivity index (χ3v) is 2.14. The van der Waals surface area contributed by atoms with Gasteiger partial charge in [-0.2, -0.15) is 0 Å². The second-order valence-electron chi connectivity index (χ2n) is 3.59. The molecule has 0 atom stereocenters. The quantitative estimate of drug-likeness (QED) is 0.810. The van der Waals surface area contributed by atoms with E-state index in [9.17, 15) is 4.79 Å². The first-order chi connectivity index (χ1) is 7.49. The van der Waals surface area contributed by atoms with Crippen molar-refractivity contribution in [2.24, 2.45) is 0 Å². The monoisotopic (exact) mass is 242 g/mol. The smallest absolute Gasteiger partial charge is 0.223 e. The lowest BCUT2D eigenvalue weighted by Gasteiger charge is -2.10. The van der Waals surface area contributed by atoms with Crippen molar-refractivity contribution >= 4 is 23.3 Å². The van der Waals surface area contributed by atoms with Crippen LogP contribution in [0.3, 0.4) is 0 Å². The molecule has 0 aliphatic carbocycles. The van der Waals surface area contributed by atoms with E-state index in [0.717, 1.165) is 0 Å². The largest absolute Gasteiger partial charge is 0.369 e. The summed E-state index contributed by atoms with van der Waals surface area (Å²) in [6.45, 7) is 2.30.